The molecule has 11 heteroatoms. The summed E-state index contributed by atoms with van der Waals surface area (Å²) in [5, 5.41) is 0.161. The molecule has 1 fully saturated rings. The first kappa shape index (κ1) is 23.5. The van der Waals surface area contributed by atoms with Crippen LogP contribution in [0.25, 0.3) is 0 Å². The van der Waals surface area contributed by atoms with Crippen LogP contribution in [0.1, 0.15) is 20.7 Å². The summed E-state index contributed by atoms with van der Waals surface area (Å²) >= 11 is 12.1. The van der Waals surface area contributed by atoms with E-state index in [9.17, 15) is 22.4 Å². The second kappa shape index (κ2) is 9.12. The molecule has 166 valence electrons. The highest BCUT2D eigenvalue weighted by atomic mass is 35.5. The zero-order chi connectivity index (χ0) is 22.9. The molecule has 0 spiro atoms. The minimum absolute atomic E-state index is 0.0224. The number of hydrogen-bond donors (Lipinski definition) is 0. The van der Waals surface area contributed by atoms with Gasteiger partial charge in [0, 0.05) is 40.3 Å². The van der Waals surface area contributed by atoms with Crippen LogP contribution >= 0.6 is 23.2 Å². The molecule has 0 aromatic heterocycles. The molecular weight excluding hydrogens is 468 g/mol. The van der Waals surface area contributed by atoms with Gasteiger partial charge >= 0.3 is 0 Å². The lowest BCUT2D eigenvalue weighted by atomic mass is 10.1. The van der Waals surface area contributed by atoms with Crippen LogP contribution in [0, 0.1) is 5.82 Å². The number of hydrogen-bond acceptors (Lipinski definition) is 4. The summed E-state index contributed by atoms with van der Waals surface area (Å²) in [5.41, 5.74) is 0.262. The van der Waals surface area contributed by atoms with Crippen molar-refractivity contribution in [1.29, 1.82) is 0 Å². The molecular formula is C20H20Cl2FN3O4S. The fourth-order valence-electron chi connectivity index (χ4n) is 3.16. The summed E-state index contributed by atoms with van der Waals surface area (Å²) in [4.78, 5) is 28.6. The molecule has 0 bridgehead atoms. The van der Waals surface area contributed by atoms with E-state index < -0.39 is 21.7 Å². The Bertz CT molecular complexity index is 1130. The van der Waals surface area contributed by atoms with Crippen molar-refractivity contribution in [1.82, 2.24) is 14.1 Å². The van der Waals surface area contributed by atoms with Gasteiger partial charge in [-0.15, -0.1) is 0 Å². The molecule has 1 heterocycles. The number of rotatable bonds is 4. The fourth-order valence-corrected chi connectivity index (χ4v) is 4.53. The maximum Gasteiger partial charge on any atom is 0.255 e. The molecule has 2 aromatic carbocycles. The van der Waals surface area contributed by atoms with E-state index in [4.69, 9.17) is 23.2 Å². The Kier molecular flexibility index (Phi) is 6.90. The van der Waals surface area contributed by atoms with Gasteiger partial charge in [-0.05, 0) is 36.4 Å². The Balaban J connectivity index is 1.74. The van der Waals surface area contributed by atoms with Gasteiger partial charge in [-0.1, -0.05) is 23.2 Å². The van der Waals surface area contributed by atoms with Gasteiger partial charge in [0.25, 0.3) is 11.8 Å². The van der Waals surface area contributed by atoms with Crippen LogP contribution in [0.3, 0.4) is 0 Å². The van der Waals surface area contributed by atoms with E-state index in [2.05, 4.69) is 0 Å². The molecule has 0 saturated carbocycles. The zero-order valence-corrected chi connectivity index (χ0v) is 19.1. The highest BCUT2D eigenvalue weighted by molar-refractivity contribution is 7.89. The van der Waals surface area contributed by atoms with E-state index in [1.54, 1.807) is 0 Å². The van der Waals surface area contributed by atoms with Gasteiger partial charge in [0.05, 0.1) is 26.1 Å². The van der Waals surface area contributed by atoms with Crippen molar-refractivity contribution in [2.75, 3.05) is 40.3 Å². The predicted molar refractivity (Wildman–Crippen MR) is 116 cm³/mol. The number of carbonyl (C=O) groups excluding carboxylic acids is 2. The van der Waals surface area contributed by atoms with Gasteiger partial charge in [-0.25, -0.2) is 17.1 Å². The molecule has 1 aliphatic rings. The maximum absolute atomic E-state index is 13.2. The summed E-state index contributed by atoms with van der Waals surface area (Å²) in [6.45, 7) is 0.936. The van der Waals surface area contributed by atoms with Gasteiger partial charge in [0.15, 0.2) is 0 Å². The van der Waals surface area contributed by atoms with Gasteiger partial charge in [0.1, 0.15) is 5.82 Å². The van der Waals surface area contributed by atoms with Crippen LogP contribution in [0.4, 0.5) is 4.39 Å². The highest BCUT2D eigenvalue weighted by Crippen LogP contribution is 2.25. The number of halogens is 3. The summed E-state index contributed by atoms with van der Waals surface area (Å²) in [7, 11) is -0.931. The quantitative estimate of drug-likeness (QED) is 0.663. The monoisotopic (exact) mass is 487 g/mol. The van der Waals surface area contributed by atoms with Crippen molar-refractivity contribution in [3.63, 3.8) is 0 Å². The Labute approximate surface area is 190 Å². The van der Waals surface area contributed by atoms with E-state index in [0.717, 1.165) is 16.4 Å². The number of benzene rings is 2. The van der Waals surface area contributed by atoms with Crippen molar-refractivity contribution in [2.24, 2.45) is 0 Å². The third-order valence-corrected chi connectivity index (χ3v) is 7.42. The Morgan fingerprint density at radius 3 is 1.94 bits per heavy atom. The third kappa shape index (κ3) is 4.85. The molecule has 0 atom stereocenters. The lowest BCUT2D eigenvalue weighted by Crippen LogP contribution is -2.50. The molecule has 1 aliphatic heterocycles. The number of carbonyl (C=O) groups is 2. The van der Waals surface area contributed by atoms with Crippen LogP contribution in [0.15, 0.2) is 41.3 Å². The molecule has 0 aliphatic carbocycles. The van der Waals surface area contributed by atoms with E-state index >= 15 is 0 Å². The molecule has 0 unspecified atom stereocenters. The van der Waals surface area contributed by atoms with Crippen LogP contribution in [-0.4, -0.2) is 74.6 Å². The lowest BCUT2D eigenvalue weighted by molar-refractivity contribution is 0.0535. The van der Waals surface area contributed by atoms with Crippen molar-refractivity contribution in [3.8, 4) is 0 Å². The molecule has 3 rings (SSSR count). The van der Waals surface area contributed by atoms with Gasteiger partial charge < -0.3 is 9.80 Å². The third-order valence-electron chi connectivity index (χ3n) is 4.96. The van der Waals surface area contributed by atoms with Gasteiger partial charge in [-0.2, -0.15) is 0 Å². The predicted octanol–water partition coefficient (Wildman–Crippen LogP) is 2.98. The smallest absolute Gasteiger partial charge is 0.255 e. The second-order valence-corrected chi connectivity index (χ2v) is 10.1. The SMILES string of the molecule is CN(C)S(=O)(=O)c1ccc(Cl)c(C(=O)N2CCN(C(=O)c3ccc(F)cc3Cl)CC2)c1. The minimum Gasteiger partial charge on any atom is -0.335 e. The average Bonchev–Trinajstić information content (AvgIpc) is 2.73. The zero-order valence-electron chi connectivity index (χ0n) is 16.8. The molecule has 2 aromatic rings. The lowest BCUT2D eigenvalue weighted by Gasteiger charge is -2.35. The minimum atomic E-state index is -3.73. The normalized spacial score (nSPS) is 14.8. The standard InChI is InChI=1S/C20H20Cl2FN3O4S/c1-24(2)31(29,30)14-4-6-17(21)16(12-14)20(28)26-9-7-25(8-10-26)19(27)15-5-3-13(23)11-18(15)22/h3-6,11-12H,7-10H2,1-2H3. The van der Waals surface area contributed by atoms with Crippen LogP contribution < -0.4 is 0 Å². The van der Waals surface area contributed by atoms with Crippen LogP contribution in [0.5, 0.6) is 0 Å². The molecule has 0 N–H and O–H groups in total. The first-order valence-corrected chi connectivity index (χ1v) is 11.5. The number of amides is 2. The summed E-state index contributed by atoms with van der Waals surface area (Å²) < 4.78 is 39.0. The van der Waals surface area contributed by atoms with Crippen LogP contribution in [-0.2, 0) is 10.0 Å². The van der Waals surface area contributed by atoms with Crippen molar-refractivity contribution < 1.29 is 22.4 Å². The van der Waals surface area contributed by atoms with Gasteiger partial charge in [-0.3, -0.25) is 9.59 Å². The Morgan fingerprint density at radius 1 is 0.871 bits per heavy atom. The van der Waals surface area contributed by atoms with Crippen LogP contribution in [0.2, 0.25) is 10.0 Å². The summed E-state index contributed by atoms with van der Waals surface area (Å²) in [6.07, 6.45) is 0. The van der Waals surface area contributed by atoms with Crippen molar-refractivity contribution >= 4 is 45.0 Å². The largest absolute Gasteiger partial charge is 0.335 e. The van der Waals surface area contributed by atoms with E-state index in [1.165, 1.54) is 48.2 Å². The van der Waals surface area contributed by atoms with E-state index in [1.807, 2.05) is 0 Å². The van der Waals surface area contributed by atoms with Gasteiger partial charge in [0.2, 0.25) is 10.0 Å². The number of sulfonamides is 1. The highest BCUT2D eigenvalue weighted by Gasteiger charge is 2.28. The van der Waals surface area contributed by atoms with Crippen molar-refractivity contribution in [3.05, 3.63) is 63.4 Å². The van der Waals surface area contributed by atoms with E-state index in [-0.39, 0.29) is 58.2 Å². The second-order valence-electron chi connectivity index (χ2n) is 7.14. The molecule has 2 amide bonds. The topological polar surface area (TPSA) is 78.0 Å². The number of nitrogens with zero attached hydrogens (tertiary/aromatic N) is 3. The first-order chi connectivity index (χ1) is 14.5. The fraction of sp³-hybridized carbons (Fsp3) is 0.300. The Hall–Kier alpha value is -2.20. The maximum atomic E-state index is 13.2. The van der Waals surface area contributed by atoms with E-state index in [0.29, 0.717) is 0 Å². The number of piperazine rings is 1. The Morgan fingerprint density at radius 2 is 1.42 bits per heavy atom. The molecule has 1 saturated heterocycles. The summed E-state index contributed by atoms with van der Waals surface area (Å²) in [6, 6.07) is 7.55. The molecule has 7 nitrogen and oxygen atoms in total. The average molecular weight is 488 g/mol. The molecule has 31 heavy (non-hydrogen) atoms. The summed E-state index contributed by atoms with van der Waals surface area (Å²) in [5.74, 6) is -1.31. The first-order valence-electron chi connectivity index (χ1n) is 9.28. The molecule has 0 radical (unpaired) electrons. The van der Waals surface area contributed by atoms with Crippen molar-refractivity contribution in [2.45, 2.75) is 4.90 Å².